The lowest BCUT2D eigenvalue weighted by Gasteiger charge is -2.64. The van der Waals surface area contributed by atoms with E-state index in [2.05, 4.69) is 30.5 Å². The van der Waals surface area contributed by atoms with E-state index in [-0.39, 0.29) is 35.4 Å². The fraction of sp³-hybridized carbons (Fsp3) is 0.516. The maximum atomic E-state index is 13.4. The van der Waals surface area contributed by atoms with E-state index < -0.39 is 16.8 Å². The van der Waals surface area contributed by atoms with Gasteiger partial charge in [-0.3, -0.25) is 4.79 Å². The van der Waals surface area contributed by atoms with Gasteiger partial charge >= 0.3 is 7.12 Å². The van der Waals surface area contributed by atoms with Gasteiger partial charge in [-0.1, -0.05) is 49.7 Å². The first-order chi connectivity index (χ1) is 19.3. The van der Waals surface area contributed by atoms with E-state index >= 15 is 0 Å². The Morgan fingerprint density at radius 2 is 1.95 bits per heavy atom. The standard InChI is InChI=1S/C31H38BClN2O5S/c1-30(2)21-15-26(30)31(3)27(16-21)39-32(40-31)28(14-20-18-38-25-9-7-6-8-23(20)25)34-29(36)13-11-19-10-12-22(17-24(19)33)35-41(4,5)37/h6-10,12,17-18,21,26-28H,11,13-16H2,1-5H3,(H,34,36)/t21-,26-,27+,28-,31-/m0/s1. The van der Waals surface area contributed by atoms with Crippen molar-refractivity contribution < 1.29 is 22.7 Å². The molecule has 1 N–H and O–H groups in total. The SMILES string of the molecule is CC1(C)[C@@H]2C[C@H]3OB([C@H](Cc4coc5ccccc45)NC(=O)CCc4ccc(N=S(C)(C)=O)cc4Cl)O[C@@]3(C)[C@H]1C2. The Balaban J connectivity index is 1.19. The van der Waals surface area contributed by atoms with E-state index in [0.29, 0.717) is 35.4 Å². The summed E-state index contributed by atoms with van der Waals surface area (Å²) in [6.07, 6.45) is 8.35. The molecule has 7 nitrogen and oxygen atoms in total. The van der Waals surface area contributed by atoms with Gasteiger partial charge in [-0.15, -0.1) is 0 Å². The molecule has 3 aromatic rings. The highest BCUT2D eigenvalue weighted by Gasteiger charge is 2.68. The van der Waals surface area contributed by atoms with Gasteiger partial charge in [0.05, 0.1) is 29.6 Å². The van der Waals surface area contributed by atoms with Crippen LogP contribution in [0.4, 0.5) is 5.69 Å². The van der Waals surface area contributed by atoms with Crippen LogP contribution in [-0.4, -0.2) is 47.4 Å². The fourth-order valence-corrected chi connectivity index (χ4v) is 8.18. The maximum Gasteiger partial charge on any atom is 0.482 e. The number of hydrogen-bond acceptors (Lipinski definition) is 6. The van der Waals surface area contributed by atoms with E-state index in [4.69, 9.17) is 25.3 Å². The predicted octanol–water partition coefficient (Wildman–Crippen LogP) is 6.37. The number of benzene rings is 2. The smallest absolute Gasteiger partial charge is 0.464 e. The van der Waals surface area contributed by atoms with E-state index in [0.717, 1.165) is 28.5 Å². The summed E-state index contributed by atoms with van der Waals surface area (Å²) in [7, 11) is -2.84. The predicted molar refractivity (Wildman–Crippen MR) is 164 cm³/mol. The van der Waals surface area contributed by atoms with E-state index in [9.17, 15) is 9.00 Å². The van der Waals surface area contributed by atoms with Crippen molar-refractivity contribution in [2.45, 2.75) is 70.5 Å². The molecule has 5 atom stereocenters. The molecule has 7 rings (SSSR count). The molecule has 1 aromatic heterocycles. The number of carbonyl (C=O) groups excluding carboxylic acids is 1. The van der Waals surface area contributed by atoms with Crippen molar-refractivity contribution >= 4 is 51.0 Å². The molecule has 218 valence electrons. The van der Waals surface area contributed by atoms with Crippen LogP contribution >= 0.6 is 11.6 Å². The first-order valence-corrected chi connectivity index (χ1v) is 17.1. The van der Waals surface area contributed by atoms with Crippen LogP contribution in [0.15, 0.2) is 57.5 Å². The van der Waals surface area contributed by atoms with Gasteiger partial charge in [0.1, 0.15) is 5.58 Å². The monoisotopic (exact) mass is 596 g/mol. The highest BCUT2D eigenvalue weighted by molar-refractivity contribution is 7.92. The minimum Gasteiger partial charge on any atom is -0.464 e. The second-order valence-corrected chi connectivity index (χ2v) is 16.0. The zero-order valence-corrected chi connectivity index (χ0v) is 25.9. The lowest BCUT2D eigenvalue weighted by molar-refractivity contribution is -0.199. The van der Waals surface area contributed by atoms with Crippen molar-refractivity contribution in [3.63, 3.8) is 0 Å². The summed E-state index contributed by atoms with van der Waals surface area (Å²) in [5.74, 6) is 0.587. The third-order valence-electron chi connectivity index (χ3n) is 9.63. The van der Waals surface area contributed by atoms with Gasteiger partial charge in [0, 0.05) is 39.1 Å². The summed E-state index contributed by atoms with van der Waals surface area (Å²) in [4.78, 5) is 13.4. The van der Waals surface area contributed by atoms with Crippen molar-refractivity contribution in [3.05, 3.63) is 64.9 Å². The molecular weight excluding hydrogens is 559 g/mol. The maximum absolute atomic E-state index is 13.4. The average Bonchev–Trinajstić information content (AvgIpc) is 3.47. The summed E-state index contributed by atoms with van der Waals surface area (Å²) in [5, 5.41) is 4.77. The molecule has 3 aliphatic carbocycles. The average molecular weight is 597 g/mol. The minimum absolute atomic E-state index is 0.0217. The molecule has 0 radical (unpaired) electrons. The number of halogens is 1. The lowest BCUT2D eigenvalue weighted by atomic mass is 9.43. The largest absolute Gasteiger partial charge is 0.482 e. The number of para-hydroxylation sites is 1. The molecule has 2 aromatic carbocycles. The normalized spacial score (nSPS) is 27.3. The minimum atomic E-state index is -2.29. The number of hydrogen-bond donors (Lipinski definition) is 1. The van der Waals surface area contributed by atoms with Gasteiger partial charge in [-0.25, -0.2) is 4.21 Å². The molecule has 1 saturated heterocycles. The van der Waals surface area contributed by atoms with Crippen LogP contribution in [0.25, 0.3) is 11.0 Å². The number of amides is 1. The van der Waals surface area contributed by atoms with Crippen molar-refractivity contribution in [2.75, 3.05) is 12.5 Å². The topological polar surface area (TPSA) is 90.1 Å². The zero-order chi connectivity index (χ0) is 29.2. The van der Waals surface area contributed by atoms with E-state index in [1.807, 2.05) is 30.3 Å². The van der Waals surface area contributed by atoms with Crippen molar-refractivity contribution in [2.24, 2.45) is 21.6 Å². The van der Waals surface area contributed by atoms with Crippen LogP contribution in [-0.2, 0) is 36.7 Å². The van der Waals surface area contributed by atoms with Gasteiger partial charge in [0.15, 0.2) is 0 Å². The van der Waals surface area contributed by atoms with Crippen LogP contribution < -0.4 is 5.32 Å². The van der Waals surface area contributed by atoms with Crippen LogP contribution in [0.3, 0.4) is 0 Å². The molecule has 41 heavy (non-hydrogen) atoms. The number of fused-ring (bicyclic) bond motifs is 1. The number of furan rings is 1. The molecule has 4 aliphatic rings. The Bertz CT molecular complexity index is 1610. The molecule has 10 heteroatoms. The van der Waals surface area contributed by atoms with Crippen molar-refractivity contribution in [1.29, 1.82) is 0 Å². The summed E-state index contributed by atoms with van der Waals surface area (Å²) in [6.45, 7) is 6.88. The first kappa shape index (κ1) is 28.8. The molecular formula is C31H38BClN2O5S. The van der Waals surface area contributed by atoms with Crippen molar-refractivity contribution in [1.82, 2.24) is 5.32 Å². The van der Waals surface area contributed by atoms with Crippen LogP contribution in [0.2, 0.25) is 5.02 Å². The molecule has 3 saturated carbocycles. The second-order valence-electron chi connectivity index (χ2n) is 13.0. The Labute approximate surface area is 248 Å². The number of nitrogens with one attached hydrogen (secondary N) is 1. The Morgan fingerprint density at radius 3 is 2.68 bits per heavy atom. The summed E-state index contributed by atoms with van der Waals surface area (Å²) in [6, 6.07) is 13.3. The summed E-state index contributed by atoms with van der Waals surface area (Å²) >= 11 is 6.49. The third kappa shape index (κ3) is 5.46. The van der Waals surface area contributed by atoms with Crippen LogP contribution in [0.5, 0.6) is 0 Å². The summed E-state index contributed by atoms with van der Waals surface area (Å²) < 4.78 is 35.4. The molecule has 2 bridgehead atoms. The molecule has 0 spiro atoms. The molecule has 0 unspecified atom stereocenters. The number of carbonyl (C=O) groups is 1. The molecule has 4 fully saturated rings. The van der Waals surface area contributed by atoms with Gasteiger partial charge in [-0.05, 0) is 79.2 Å². The molecule has 1 aliphatic heterocycles. The van der Waals surface area contributed by atoms with Gasteiger partial charge in [-0.2, -0.15) is 4.36 Å². The highest BCUT2D eigenvalue weighted by Crippen LogP contribution is 2.65. The van der Waals surface area contributed by atoms with Gasteiger partial charge < -0.3 is 19.0 Å². The number of rotatable bonds is 8. The van der Waals surface area contributed by atoms with Gasteiger partial charge in [0.25, 0.3) is 0 Å². The van der Waals surface area contributed by atoms with E-state index in [1.165, 1.54) is 6.42 Å². The van der Waals surface area contributed by atoms with E-state index in [1.54, 1.807) is 30.9 Å². The molecule has 1 amide bonds. The van der Waals surface area contributed by atoms with Crippen LogP contribution in [0, 0.1) is 17.3 Å². The number of nitrogens with zero attached hydrogens (tertiary/aromatic N) is 1. The Morgan fingerprint density at radius 1 is 1.17 bits per heavy atom. The zero-order valence-electron chi connectivity index (χ0n) is 24.3. The Kier molecular flexibility index (Phi) is 7.33. The lowest BCUT2D eigenvalue weighted by Crippen LogP contribution is -2.65. The highest BCUT2D eigenvalue weighted by atomic mass is 35.5. The fourth-order valence-electron chi connectivity index (χ4n) is 7.29. The Hall–Kier alpha value is -2.33. The van der Waals surface area contributed by atoms with Crippen molar-refractivity contribution in [3.8, 4) is 0 Å². The quantitative estimate of drug-likeness (QED) is 0.305. The van der Waals surface area contributed by atoms with Gasteiger partial charge in [0.2, 0.25) is 5.91 Å². The van der Waals surface area contributed by atoms with Crippen LogP contribution in [0.1, 0.15) is 51.2 Å². The first-order valence-electron chi connectivity index (χ1n) is 14.4. The summed E-state index contributed by atoms with van der Waals surface area (Å²) in [5.41, 5.74) is 3.09. The second kappa shape index (κ2) is 10.4. The molecule has 2 heterocycles. The third-order valence-corrected chi connectivity index (χ3v) is 10.6. The number of aryl methyl sites for hydroxylation is 1.